The Morgan fingerprint density at radius 1 is 0.942 bits per heavy atom. The average molecular weight is 918 g/mol. The topological polar surface area (TPSA) is 83.3 Å². The minimum absolute atomic E-state index is 0. The summed E-state index contributed by atoms with van der Waals surface area (Å²) >= 11 is 3.42. The molecule has 0 atom stereocenters. The number of ketones is 1. The van der Waals surface area contributed by atoms with Gasteiger partial charge in [-0.1, -0.05) is 93.4 Å². The molecule has 0 aliphatic carbocycles. The van der Waals surface area contributed by atoms with E-state index in [-0.39, 0.29) is 47.9 Å². The molecule has 0 bridgehead atoms. The summed E-state index contributed by atoms with van der Waals surface area (Å²) in [6.45, 7) is 25.3. The standard InChI is InChI=1S/C29H29N2OS2.C15H28O2.Ir/c1-7-17(12-16(2)3)23-21(32)8-9-22-24(23)25-26(30-15-31-28(25)34-22)19-13-18-10-11-33-27(18)20(14-19)29(4,5)6;1-7-14(5,8-2)12(16)11-13(17)15(6,9-3)10-4;/h7-11,14-16,32H,12H2,1-6H3;11,16H,7-10H2,1-6H3;/q-1;;/b17-7+;12-11-;. The minimum Gasteiger partial charge on any atom is -0.512 e. The van der Waals surface area contributed by atoms with Crippen molar-refractivity contribution in [3.8, 4) is 17.0 Å². The molecule has 0 aliphatic heterocycles. The Hall–Kier alpha value is -2.90. The Morgan fingerprint density at radius 2 is 1.58 bits per heavy atom. The number of hydrogen-bond acceptors (Lipinski definition) is 7. The second-order valence-electron chi connectivity index (χ2n) is 15.7. The van der Waals surface area contributed by atoms with Gasteiger partial charge in [-0.15, -0.1) is 34.9 Å². The van der Waals surface area contributed by atoms with Crippen molar-refractivity contribution in [1.82, 2.24) is 9.97 Å². The molecule has 52 heavy (non-hydrogen) atoms. The van der Waals surface area contributed by atoms with Crippen molar-refractivity contribution >= 4 is 64.4 Å². The average Bonchev–Trinajstić information content (AvgIpc) is 3.74. The number of allylic oxidation sites excluding steroid dienone is 4. The van der Waals surface area contributed by atoms with Crippen molar-refractivity contribution < 1.29 is 35.1 Å². The van der Waals surface area contributed by atoms with Crippen molar-refractivity contribution in [2.75, 3.05) is 0 Å². The molecular formula is C44H57IrN2O3S2-. The van der Waals surface area contributed by atoms with Crippen LogP contribution in [0.4, 0.5) is 0 Å². The van der Waals surface area contributed by atoms with Crippen molar-refractivity contribution in [2.45, 2.75) is 121 Å². The molecule has 2 N–H and O–H groups in total. The van der Waals surface area contributed by atoms with Crippen LogP contribution >= 0.6 is 22.7 Å². The maximum atomic E-state index is 12.2. The van der Waals surface area contributed by atoms with E-state index in [2.05, 4.69) is 76.2 Å². The van der Waals surface area contributed by atoms with Gasteiger partial charge in [0.2, 0.25) is 0 Å². The monoisotopic (exact) mass is 918 g/mol. The van der Waals surface area contributed by atoms with Crippen LogP contribution < -0.4 is 0 Å². The summed E-state index contributed by atoms with van der Waals surface area (Å²) in [4.78, 5) is 22.5. The van der Waals surface area contributed by atoms with E-state index in [0.29, 0.717) is 11.7 Å². The van der Waals surface area contributed by atoms with Gasteiger partial charge in [0.1, 0.15) is 22.7 Å². The number of aliphatic hydroxyl groups excluding tert-OH is 1. The Morgan fingerprint density at radius 3 is 2.13 bits per heavy atom. The van der Waals surface area contributed by atoms with Gasteiger partial charge in [-0.25, -0.2) is 4.98 Å². The summed E-state index contributed by atoms with van der Waals surface area (Å²) in [5.41, 5.74) is 4.60. The molecule has 283 valence electrons. The van der Waals surface area contributed by atoms with E-state index in [9.17, 15) is 15.0 Å². The molecule has 5 aromatic rings. The molecule has 8 heteroatoms. The quantitative estimate of drug-likeness (QED) is 0.0783. The van der Waals surface area contributed by atoms with Crippen LogP contribution in [0.25, 0.3) is 47.2 Å². The third kappa shape index (κ3) is 8.89. The molecule has 0 spiro atoms. The van der Waals surface area contributed by atoms with Crippen LogP contribution in [0.2, 0.25) is 0 Å². The number of thiophene rings is 2. The first-order chi connectivity index (χ1) is 24.0. The molecule has 2 aromatic carbocycles. The number of phenols is 1. The van der Waals surface area contributed by atoms with Crippen molar-refractivity contribution in [1.29, 1.82) is 0 Å². The van der Waals surface area contributed by atoms with E-state index in [1.165, 1.54) is 16.3 Å². The number of aromatic nitrogens is 2. The third-order valence-electron chi connectivity index (χ3n) is 10.8. The molecule has 0 fully saturated rings. The summed E-state index contributed by atoms with van der Waals surface area (Å²) in [6, 6.07) is 11.8. The summed E-state index contributed by atoms with van der Waals surface area (Å²) in [6.07, 6.45) is 9.43. The van der Waals surface area contributed by atoms with E-state index in [1.807, 2.05) is 53.7 Å². The number of fused-ring (bicyclic) bond motifs is 4. The predicted molar refractivity (Wildman–Crippen MR) is 221 cm³/mol. The minimum atomic E-state index is -0.337. The summed E-state index contributed by atoms with van der Waals surface area (Å²) in [5.74, 6) is 1.07. The maximum absolute atomic E-state index is 12.2. The molecular weight excluding hydrogens is 861 g/mol. The van der Waals surface area contributed by atoms with Crippen LogP contribution in [0.15, 0.2) is 53.9 Å². The molecule has 0 saturated heterocycles. The second-order valence-corrected chi connectivity index (χ2v) is 17.6. The predicted octanol–water partition coefficient (Wildman–Crippen LogP) is 13.6. The summed E-state index contributed by atoms with van der Waals surface area (Å²) in [7, 11) is 0. The largest absolute Gasteiger partial charge is 0.512 e. The second kappa shape index (κ2) is 17.5. The normalized spacial score (nSPS) is 13.1. The molecule has 0 unspecified atom stereocenters. The van der Waals surface area contributed by atoms with Gasteiger partial charge in [0.15, 0.2) is 5.78 Å². The fourth-order valence-electron chi connectivity index (χ4n) is 6.39. The zero-order chi connectivity index (χ0) is 37.9. The van der Waals surface area contributed by atoms with Crippen LogP contribution in [-0.2, 0) is 30.3 Å². The number of nitrogens with zero attached hydrogens (tertiary/aromatic N) is 2. The van der Waals surface area contributed by atoms with Crippen LogP contribution in [0.5, 0.6) is 5.75 Å². The van der Waals surface area contributed by atoms with E-state index in [4.69, 9.17) is 4.98 Å². The maximum Gasteiger partial charge on any atom is 0.164 e. The number of carbonyl (C=O) groups is 1. The Balaban J connectivity index is 0.000000347. The number of phenolic OH excluding ortho intramolecular Hbond substituents is 1. The molecule has 0 saturated carbocycles. The van der Waals surface area contributed by atoms with E-state index >= 15 is 0 Å². The number of benzene rings is 2. The molecule has 5 nitrogen and oxygen atoms in total. The van der Waals surface area contributed by atoms with Gasteiger partial charge >= 0.3 is 0 Å². The zero-order valence-electron chi connectivity index (χ0n) is 33.1. The molecule has 3 heterocycles. The number of hydrogen-bond donors (Lipinski definition) is 2. The summed E-state index contributed by atoms with van der Waals surface area (Å²) in [5, 5.41) is 26.5. The Bertz CT molecular complexity index is 2070. The first-order valence-corrected chi connectivity index (χ1v) is 20.1. The first kappa shape index (κ1) is 43.5. The van der Waals surface area contributed by atoms with Crippen molar-refractivity contribution in [3.63, 3.8) is 0 Å². The number of carbonyl (C=O) groups excluding carboxylic acids is 1. The van der Waals surface area contributed by atoms with E-state index < -0.39 is 0 Å². The van der Waals surface area contributed by atoms with Crippen LogP contribution in [0, 0.1) is 22.8 Å². The van der Waals surface area contributed by atoms with Gasteiger partial charge < -0.3 is 10.2 Å². The van der Waals surface area contributed by atoms with Gasteiger partial charge in [-0.2, -0.15) is 11.3 Å². The number of aliphatic hydroxyl groups is 1. The van der Waals surface area contributed by atoms with E-state index in [1.54, 1.807) is 29.0 Å². The van der Waals surface area contributed by atoms with E-state index in [0.717, 1.165) is 80.2 Å². The smallest absolute Gasteiger partial charge is 0.164 e. The fourth-order valence-corrected chi connectivity index (χ4v) is 8.52. The van der Waals surface area contributed by atoms with Crippen LogP contribution in [-0.4, -0.2) is 26.0 Å². The molecule has 3 aromatic heterocycles. The first-order valence-electron chi connectivity index (χ1n) is 18.4. The number of rotatable bonds is 11. The number of aromatic hydroxyl groups is 1. The molecule has 0 amide bonds. The molecule has 0 aliphatic rings. The fraction of sp³-hybridized carbons (Fsp3) is 0.477. The van der Waals surface area contributed by atoms with Gasteiger partial charge in [-0.3, -0.25) is 9.78 Å². The van der Waals surface area contributed by atoms with Gasteiger partial charge in [0.05, 0.1) is 0 Å². The van der Waals surface area contributed by atoms with Gasteiger partial charge in [-0.05, 0) is 78.1 Å². The Labute approximate surface area is 333 Å². The van der Waals surface area contributed by atoms with Crippen molar-refractivity contribution in [3.05, 3.63) is 71.1 Å². The molecule has 5 rings (SSSR count). The van der Waals surface area contributed by atoms with Crippen LogP contribution in [0.3, 0.4) is 0 Å². The van der Waals surface area contributed by atoms with Crippen molar-refractivity contribution in [2.24, 2.45) is 16.7 Å². The Kier molecular flexibility index (Phi) is 14.6. The van der Waals surface area contributed by atoms with Gasteiger partial charge in [0.25, 0.3) is 0 Å². The SMILES string of the molecule is C/C=C(\CC(C)C)c1c(O)ccc2sc3ncnc(-c4[c-]c5ccsc5c(C(C)(C)C)c4)c3c12.CCC(C)(CC)C(=O)/C=C(\O)C(C)(CC)CC.[Ir]. The van der Waals surface area contributed by atoms with Gasteiger partial charge in [0, 0.05) is 63.7 Å². The molecule has 1 radical (unpaired) electrons. The zero-order valence-corrected chi connectivity index (χ0v) is 37.1. The van der Waals surface area contributed by atoms with Crippen LogP contribution in [0.1, 0.15) is 126 Å². The third-order valence-corrected chi connectivity index (χ3v) is 12.9. The summed E-state index contributed by atoms with van der Waals surface area (Å²) < 4.78 is 2.39.